The number of hydrogen-bond acceptors (Lipinski definition) is 2. The smallest absolute Gasteiger partial charge is 0.223 e. The van der Waals surface area contributed by atoms with Crippen LogP contribution in [0.4, 0.5) is 0 Å². The fourth-order valence-corrected chi connectivity index (χ4v) is 1.88. The molecule has 0 N–H and O–H groups in total. The molecule has 0 aliphatic carbocycles. The largest absolute Gasteiger partial charge is 0.472 e. The van der Waals surface area contributed by atoms with Gasteiger partial charge in [0.25, 0.3) is 0 Å². The normalized spacial score (nSPS) is 20.9. The molecule has 0 saturated carbocycles. The number of amides is 1. The molecule has 2 heterocycles. The Hall–Kier alpha value is -1.51. The van der Waals surface area contributed by atoms with Crippen molar-refractivity contribution in [1.29, 1.82) is 0 Å². The van der Waals surface area contributed by atoms with Gasteiger partial charge in [-0.15, -0.1) is 6.58 Å². The molecule has 2 rings (SSSR count). The van der Waals surface area contributed by atoms with E-state index >= 15 is 0 Å². The van der Waals surface area contributed by atoms with Crippen molar-refractivity contribution in [3.63, 3.8) is 0 Å². The van der Waals surface area contributed by atoms with Crippen LogP contribution in [0.5, 0.6) is 0 Å². The van der Waals surface area contributed by atoms with Crippen molar-refractivity contribution in [3.05, 3.63) is 36.8 Å². The van der Waals surface area contributed by atoms with Crippen LogP contribution in [0, 0.1) is 5.92 Å². The highest BCUT2D eigenvalue weighted by atomic mass is 16.3. The van der Waals surface area contributed by atoms with Crippen molar-refractivity contribution in [1.82, 2.24) is 4.90 Å². The van der Waals surface area contributed by atoms with Crippen LogP contribution in [0.2, 0.25) is 0 Å². The molecular formula is C12H15NO2. The zero-order chi connectivity index (χ0) is 10.7. The average molecular weight is 205 g/mol. The quantitative estimate of drug-likeness (QED) is 0.703. The molecule has 0 bridgehead atoms. The summed E-state index contributed by atoms with van der Waals surface area (Å²) < 4.78 is 4.98. The second-order valence-electron chi connectivity index (χ2n) is 3.92. The van der Waals surface area contributed by atoms with E-state index in [1.54, 1.807) is 12.5 Å². The fourth-order valence-electron chi connectivity index (χ4n) is 1.88. The molecule has 1 aliphatic rings. The number of hydrogen-bond donors (Lipinski definition) is 0. The Bertz CT molecular complexity index is 343. The molecule has 1 fully saturated rings. The highest BCUT2D eigenvalue weighted by Crippen LogP contribution is 2.18. The maximum Gasteiger partial charge on any atom is 0.223 e. The second kappa shape index (κ2) is 4.34. The topological polar surface area (TPSA) is 33.5 Å². The minimum atomic E-state index is 0.239. The minimum absolute atomic E-state index is 0.239. The Kier molecular flexibility index (Phi) is 2.90. The third-order valence-corrected chi connectivity index (χ3v) is 2.83. The molecule has 15 heavy (non-hydrogen) atoms. The van der Waals surface area contributed by atoms with Gasteiger partial charge in [-0.05, 0) is 18.1 Å². The molecule has 1 unspecified atom stereocenters. The third-order valence-electron chi connectivity index (χ3n) is 2.83. The predicted octanol–water partition coefficient (Wildman–Crippen LogP) is 1.86. The lowest BCUT2D eigenvalue weighted by atomic mass is 10.1. The van der Waals surface area contributed by atoms with Gasteiger partial charge in [0.15, 0.2) is 0 Å². The SMILES string of the molecule is C=CC1CC(=O)N(CCc2ccoc2)C1. The number of rotatable bonds is 4. The van der Waals surface area contributed by atoms with Crippen LogP contribution in [0.25, 0.3) is 0 Å². The van der Waals surface area contributed by atoms with Crippen LogP contribution in [-0.2, 0) is 11.2 Å². The second-order valence-corrected chi connectivity index (χ2v) is 3.92. The summed E-state index contributed by atoms with van der Waals surface area (Å²) in [5.41, 5.74) is 1.14. The molecule has 1 aliphatic heterocycles. The molecule has 1 saturated heterocycles. The summed E-state index contributed by atoms with van der Waals surface area (Å²) in [4.78, 5) is 13.5. The Labute approximate surface area is 89.4 Å². The number of carbonyl (C=O) groups excluding carboxylic acids is 1. The Balaban J connectivity index is 1.85. The van der Waals surface area contributed by atoms with Crippen LogP contribution >= 0.6 is 0 Å². The Morgan fingerprint density at radius 2 is 2.53 bits per heavy atom. The van der Waals surface area contributed by atoms with Gasteiger partial charge in [-0.25, -0.2) is 0 Å². The molecule has 0 aromatic carbocycles. The van der Waals surface area contributed by atoms with Crippen molar-refractivity contribution in [2.75, 3.05) is 13.1 Å². The Morgan fingerprint density at radius 3 is 3.13 bits per heavy atom. The molecule has 1 aromatic heterocycles. The van der Waals surface area contributed by atoms with E-state index in [0.29, 0.717) is 12.3 Å². The molecule has 0 spiro atoms. The van der Waals surface area contributed by atoms with E-state index in [2.05, 4.69) is 6.58 Å². The van der Waals surface area contributed by atoms with Gasteiger partial charge < -0.3 is 9.32 Å². The first kappa shape index (κ1) is 10.0. The lowest BCUT2D eigenvalue weighted by Gasteiger charge is -2.14. The van der Waals surface area contributed by atoms with E-state index in [1.165, 1.54) is 0 Å². The standard InChI is InChI=1S/C12H15NO2/c1-2-10-7-12(14)13(8-10)5-3-11-4-6-15-9-11/h2,4,6,9-10H,1,3,5,7-8H2. The van der Waals surface area contributed by atoms with E-state index in [9.17, 15) is 4.79 Å². The fraction of sp³-hybridized carbons (Fsp3) is 0.417. The van der Waals surface area contributed by atoms with Crippen LogP contribution in [0.15, 0.2) is 35.7 Å². The summed E-state index contributed by atoms with van der Waals surface area (Å²) >= 11 is 0. The molecule has 3 nitrogen and oxygen atoms in total. The summed E-state index contributed by atoms with van der Waals surface area (Å²) in [6.45, 7) is 5.33. The van der Waals surface area contributed by atoms with Crippen LogP contribution in [-0.4, -0.2) is 23.9 Å². The van der Waals surface area contributed by atoms with E-state index in [-0.39, 0.29) is 5.91 Å². The van der Waals surface area contributed by atoms with Crippen LogP contribution in [0.3, 0.4) is 0 Å². The number of likely N-dealkylation sites (tertiary alicyclic amines) is 1. The average Bonchev–Trinajstić information content (AvgIpc) is 2.84. The van der Waals surface area contributed by atoms with E-state index in [0.717, 1.165) is 25.1 Å². The van der Waals surface area contributed by atoms with Gasteiger partial charge >= 0.3 is 0 Å². The monoisotopic (exact) mass is 205 g/mol. The van der Waals surface area contributed by atoms with Gasteiger partial charge in [0.1, 0.15) is 0 Å². The van der Waals surface area contributed by atoms with Gasteiger partial charge in [0.05, 0.1) is 12.5 Å². The zero-order valence-corrected chi connectivity index (χ0v) is 8.69. The highest BCUT2D eigenvalue weighted by molar-refractivity contribution is 5.78. The first-order chi connectivity index (χ1) is 7.29. The van der Waals surface area contributed by atoms with Gasteiger partial charge in [-0.3, -0.25) is 4.79 Å². The summed E-state index contributed by atoms with van der Waals surface area (Å²) in [5, 5.41) is 0. The molecule has 1 atom stereocenters. The van der Waals surface area contributed by atoms with Crippen molar-refractivity contribution in [2.24, 2.45) is 5.92 Å². The molecule has 1 aromatic rings. The van der Waals surface area contributed by atoms with Gasteiger partial charge in [0, 0.05) is 25.4 Å². The highest BCUT2D eigenvalue weighted by Gasteiger charge is 2.26. The Morgan fingerprint density at radius 1 is 1.67 bits per heavy atom. The van der Waals surface area contributed by atoms with Crippen molar-refractivity contribution in [2.45, 2.75) is 12.8 Å². The lowest BCUT2D eigenvalue weighted by Crippen LogP contribution is -2.27. The first-order valence-electron chi connectivity index (χ1n) is 5.21. The maximum absolute atomic E-state index is 11.6. The minimum Gasteiger partial charge on any atom is -0.472 e. The number of furan rings is 1. The van der Waals surface area contributed by atoms with Crippen molar-refractivity contribution >= 4 is 5.91 Å². The van der Waals surface area contributed by atoms with E-state index in [1.807, 2.05) is 17.0 Å². The summed E-state index contributed by atoms with van der Waals surface area (Å²) in [6.07, 6.45) is 6.75. The maximum atomic E-state index is 11.6. The molecule has 3 heteroatoms. The number of nitrogens with zero attached hydrogens (tertiary/aromatic N) is 1. The van der Waals surface area contributed by atoms with Crippen LogP contribution < -0.4 is 0 Å². The van der Waals surface area contributed by atoms with Gasteiger partial charge in [-0.1, -0.05) is 6.08 Å². The lowest BCUT2D eigenvalue weighted by molar-refractivity contribution is -0.127. The predicted molar refractivity (Wildman–Crippen MR) is 57.3 cm³/mol. The van der Waals surface area contributed by atoms with E-state index in [4.69, 9.17) is 4.42 Å². The summed E-state index contributed by atoms with van der Waals surface area (Å²) in [6, 6.07) is 1.94. The molecular weight excluding hydrogens is 190 g/mol. The van der Waals surface area contributed by atoms with Gasteiger partial charge in [0.2, 0.25) is 5.91 Å². The zero-order valence-electron chi connectivity index (χ0n) is 8.69. The molecule has 1 amide bonds. The van der Waals surface area contributed by atoms with Crippen LogP contribution in [0.1, 0.15) is 12.0 Å². The third kappa shape index (κ3) is 2.29. The van der Waals surface area contributed by atoms with Crippen molar-refractivity contribution in [3.8, 4) is 0 Å². The molecule has 0 radical (unpaired) electrons. The summed E-state index contributed by atoms with van der Waals surface area (Å²) in [7, 11) is 0. The van der Waals surface area contributed by atoms with Crippen molar-refractivity contribution < 1.29 is 9.21 Å². The summed E-state index contributed by atoms with van der Waals surface area (Å²) in [5.74, 6) is 0.574. The van der Waals surface area contributed by atoms with Gasteiger partial charge in [-0.2, -0.15) is 0 Å². The molecule has 80 valence electrons. The number of carbonyl (C=O) groups is 1. The first-order valence-corrected chi connectivity index (χ1v) is 5.21. The van der Waals surface area contributed by atoms with E-state index < -0.39 is 0 Å².